The minimum absolute atomic E-state index is 0.0107. The Labute approximate surface area is 122 Å². The van der Waals surface area contributed by atoms with Gasteiger partial charge in [-0.2, -0.15) is 0 Å². The van der Waals surface area contributed by atoms with E-state index in [9.17, 15) is 24.6 Å². The molecule has 0 aromatic heterocycles. The van der Waals surface area contributed by atoms with Gasteiger partial charge in [-0.25, -0.2) is 4.79 Å². The first kappa shape index (κ1) is 17.2. The van der Waals surface area contributed by atoms with Gasteiger partial charge in [-0.1, -0.05) is 0 Å². The van der Waals surface area contributed by atoms with Crippen LogP contribution >= 0.6 is 0 Å². The number of aliphatic carboxylic acids is 2. The summed E-state index contributed by atoms with van der Waals surface area (Å²) in [6, 6.07) is -0.983. The second-order valence-electron chi connectivity index (χ2n) is 6.16. The van der Waals surface area contributed by atoms with E-state index in [2.05, 4.69) is 5.32 Å². The van der Waals surface area contributed by atoms with Gasteiger partial charge in [0.1, 0.15) is 5.60 Å². The summed E-state index contributed by atoms with van der Waals surface area (Å²) in [5, 5.41) is 30.0. The molecule has 0 aromatic rings. The number of carboxylic acids is 2. The summed E-state index contributed by atoms with van der Waals surface area (Å²) in [5.74, 6) is -5.67. The fourth-order valence-corrected chi connectivity index (χ4v) is 2.58. The topological polar surface area (TPSA) is 133 Å². The van der Waals surface area contributed by atoms with Crippen molar-refractivity contribution in [3.05, 3.63) is 0 Å². The molecule has 1 fully saturated rings. The Morgan fingerprint density at radius 2 is 1.76 bits per heavy atom. The monoisotopic (exact) mass is 303 g/mol. The lowest BCUT2D eigenvalue weighted by Gasteiger charge is -2.26. The maximum atomic E-state index is 11.8. The number of aliphatic hydroxyl groups excluding tert-OH is 1. The highest BCUT2D eigenvalue weighted by molar-refractivity contribution is 5.82. The minimum atomic E-state index is -1.32. The molecule has 8 nitrogen and oxygen atoms in total. The first-order valence-electron chi connectivity index (χ1n) is 6.62. The zero-order chi connectivity index (χ0) is 16.4. The zero-order valence-corrected chi connectivity index (χ0v) is 12.2. The molecule has 4 unspecified atom stereocenters. The van der Waals surface area contributed by atoms with Crippen molar-refractivity contribution >= 4 is 18.0 Å². The van der Waals surface area contributed by atoms with E-state index < -0.39 is 54.0 Å². The van der Waals surface area contributed by atoms with Gasteiger partial charge in [0.2, 0.25) is 0 Å². The number of rotatable bonds is 4. The lowest BCUT2D eigenvalue weighted by Crippen LogP contribution is -2.48. The summed E-state index contributed by atoms with van der Waals surface area (Å²) in [7, 11) is 0. The number of hydrogen-bond donors (Lipinski definition) is 4. The van der Waals surface area contributed by atoms with Gasteiger partial charge in [0.05, 0.1) is 17.9 Å². The van der Waals surface area contributed by atoms with Crippen molar-refractivity contribution in [3.63, 3.8) is 0 Å². The number of alkyl carbamates (subject to hydrolysis) is 1. The third-order valence-electron chi connectivity index (χ3n) is 3.41. The number of ether oxygens (including phenoxy) is 1. The zero-order valence-electron chi connectivity index (χ0n) is 12.2. The van der Waals surface area contributed by atoms with Crippen LogP contribution in [0.4, 0.5) is 4.79 Å². The van der Waals surface area contributed by atoms with Crippen molar-refractivity contribution in [1.29, 1.82) is 0 Å². The average Bonchev–Trinajstić information content (AvgIpc) is 2.65. The molecule has 4 atom stereocenters. The predicted octanol–water partition coefficient (Wildman–Crippen LogP) is 0.294. The van der Waals surface area contributed by atoms with Gasteiger partial charge in [-0.3, -0.25) is 9.59 Å². The Balaban J connectivity index is 2.91. The van der Waals surface area contributed by atoms with Gasteiger partial charge in [0.15, 0.2) is 0 Å². The quantitative estimate of drug-likeness (QED) is 0.586. The van der Waals surface area contributed by atoms with Gasteiger partial charge in [0.25, 0.3) is 0 Å². The van der Waals surface area contributed by atoms with Gasteiger partial charge < -0.3 is 25.4 Å². The summed E-state index contributed by atoms with van der Waals surface area (Å²) in [6.45, 7) is 4.55. The van der Waals surface area contributed by atoms with Crippen LogP contribution in [0.1, 0.15) is 27.2 Å². The number of nitrogens with one attached hydrogen (secondary N) is 1. The third kappa shape index (κ3) is 4.32. The summed E-state index contributed by atoms with van der Waals surface area (Å²) < 4.78 is 5.04. The molecule has 21 heavy (non-hydrogen) atoms. The van der Waals surface area contributed by atoms with E-state index in [0.29, 0.717) is 0 Å². The second-order valence-corrected chi connectivity index (χ2v) is 6.16. The Morgan fingerprint density at radius 1 is 1.19 bits per heavy atom. The molecule has 1 amide bonds. The second kappa shape index (κ2) is 6.30. The molecule has 4 N–H and O–H groups in total. The van der Waals surface area contributed by atoms with Gasteiger partial charge in [0, 0.05) is 12.5 Å². The number of aliphatic hydroxyl groups is 1. The average molecular weight is 303 g/mol. The Bertz CT molecular complexity index is 429. The highest BCUT2D eigenvalue weighted by atomic mass is 16.6. The molecule has 1 aliphatic carbocycles. The number of carboxylic acid groups (broad SMARTS) is 2. The molecular formula is C13H21NO7. The van der Waals surface area contributed by atoms with Crippen LogP contribution in [0.5, 0.6) is 0 Å². The van der Waals surface area contributed by atoms with Crippen LogP contribution in [-0.4, -0.2) is 51.6 Å². The predicted molar refractivity (Wildman–Crippen MR) is 70.6 cm³/mol. The molecular weight excluding hydrogens is 282 g/mol. The van der Waals surface area contributed by atoms with Crippen molar-refractivity contribution in [1.82, 2.24) is 5.32 Å². The molecule has 0 radical (unpaired) electrons. The normalized spacial score (nSPS) is 29.0. The molecule has 1 saturated carbocycles. The van der Waals surface area contributed by atoms with Crippen molar-refractivity contribution in [2.24, 2.45) is 17.8 Å². The lowest BCUT2D eigenvalue weighted by atomic mass is 9.93. The fraction of sp³-hybridized carbons (Fsp3) is 0.769. The Morgan fingerprint density at radius 3 is 2.14 bits per heavy atom. The van der Waals surface area contributed by atoms with E-state index in [1.807, 2.05) is 0 Å². The summed E-state index contributed by atoms with van der Waals surface area (Å²) >= 11 is 0. The van der Waals surface area contributed by atoms with E-state index in [-0.39, 0.29) is 6.42 Å². The summed E-state index contributed by atoms with van der Waals surface area (Å²) in [6.07, 6.45) is -0.841. The lowest BCUT2D eigenvalue weighted by molar-refractivity contribution is -0.152. The highest BCUT2D eigenvalue weighted by Crippen LogP contribution is 2.37. The standard InChI is InChI=1S/C13H21NO7/c1-13(2,3)21-12(20)14-9-6(5-15)4-7(10(16)17)8(9)11(18)19/h6-9,15H,4-5H2,1-3H3,(H,14,20)(H,16,17)(H,18,19). The van der Waals surface area contributed by atoms with Crippen molar-refractivity contribution in [3.8, 4) is 0 Å². The summed E-state index contributed by atoms with van der Waals surface area (Å²) in [5.41, 5.74) is -0.762. The van der Waals surface area contributed by atoms with Crippen LogP contribution in [0.15, 0.2) is 0 Å². The molecule has 120 valence electrons. The van der Waals surface area contributed by atoms with Crippen molar-refractivity contribution in [2.45, 2.75) is 38.8 Å². The molecule has 8 heteroatoms. The van der Waals surface area contributed by atoms with E-state index >= 15 is 0 Å². The van der Waals surface area contributed by atoms with Crippen LogP contribution in [0, 0.1) is 17.8 Å². The van der Waals surface area contributed by atoms with E-state index in [1.165, 1.54) is 0 Å². The number of carbonyl (C=O) groups excluding carboxylic acids is 1. The first-order chi connectivity index (χ1) is 9.56. The van der Waals surface area contributed by atoms with Crippen molar-refractivity contribution in [2.75, 3.05) is 6.61 Å². The van der Waals surface area contributed by atoms with Crippen LogP contribution in [-0.2, 0) is 14.3 Å². The molecule has 1 rings (SSSR count). The smallest absolute Gasteiger partial charge is 0.407 e. The number of carbonyl (C=O) groups is 3. The Hall–Kier alpha value is -1.83. The first-order valence-corrected chi connectivity index (χ1v) is 6.62. The molecule has 0 aliphatic heterocycles. The number of hydrogen-bond acceptors (Lipinski definition) is 5. The molecule has 0 aromatic carbocycles. The highest BCUT2D eigenvalue weighted by Gasteiger charge is 2.51. The maximum Gasteiger partial charge on any atom is 0.407 e. The third-order valence-corrected chi connectivity index (χ3v) is 3.41. The molecule has 0 spiro atoms. The van der Waals surface area contributed by atoms with Gasteiger partial charge in [-0.05, 0) is 27.2 Å². The Kier molecular flexibility index (Phi) is 5.16. The van der Waals surface area contributed by atoms with Crippen LogP contribution < -0.4 is 5.32 Å². The van der Waals surface area contributed by atoms with Crippen LogP contribution in [0.25, 0.3) is 0 Å². The van der Waals surface area contributed by atoms with Crippen LogP contribution in [0.3, 0.4) is 0 Å². The van der Waals surface area contributed by atoms with Crippen LogP contribution in [0.2, 0.25) is 0 Å². The van der Waals surface area contributed by atoms with E-state index in [1.54, 1.807) is 20.8 Å². The number of amides is 1. The molecule has 1 aliphatic rings. The van der Waals surface area contributed by atoms with E-state index in [0.717, 1.165) is 0 Å². The molecule has 0 saturated heterocycles. The van der Waals surface area contributed by atoms with Gasteiger partial charge in [-0.15, -0.1) is 0 Å². The molecule has 0 bridgehead atoms. The maximum absolute atomic E-state index is 11.8. The molecule has 0 heterocycles. The largest absolute Gasteiger partial charge is 0.481 e. The SMILES string of the molecule is CC(C)(C)OC(=O)NC1C(CO)CC(C(=O)O)C1C(=O)O. The van der Waals surface area contributed by atoms with E-state index in [4.69, 9.17) is 9.84 Å². The summed E-state index contributed by atoms with van der Waals surface area (Å²) in [4.78, 5) is 34.2. The van der Waals surface area contributed by atoms with Gasteiger partial charge >= 0.3 is 18.0 Å². The minimum Gasteiger partial charge on any atom is -0.481 e. The van der Waals surface area contributed by atoms with Crippen molar-refractivity contribution < 1.29 is 34.4 Å². The fourth-order valence-electron chi connectivity index (χ4n) is 2.58.